The molecule has 6 nitrogen and oxygen atoms in total. The molecule has 1 aromatic carbocycles. The van der Waals surface area contributed by atoms with Crippen LogP contribution in [-0.2, 0) is 17.8 Å². The number of nitrogens with one attached hydrogen (secondary N) is 1. The number of hydrogen-bond donors (Lipinski definition) is 1. The number of para-hydroxylation sites is 1. The molecule has 140 valence electrons. The van der Waals surface area contributed by atoms with Gasteiger partial charge in [-0.15, -0.1) is 11.3 Å². The Morgan fingerprint density at radius 2 is 1.96 bits per heavy atom. The van der Waals surface area contributed by atoms with Gasteiger partial charge in [-0.3, -0.25) is 9.69 Å². The van der Waals surface area contributed by atoms with Crippen molar-refractivity contribution in [3.05, 3.63) is 59.4 Å². The highest BCUT2D eigenvalue weighted by Gasteiger charge is 2.14. The molecule has 0 radical (unpaired) electrons. The number of anilines is 1. The van der Waals surface area contributed by atoms with Crippen molar-refractivity contribution in [1.82, 2.24) is 19.7 Å². The largest absolute Gasteiger partial charge is 0.302 e. The van der Waals surface area contributed by atoms with Crippen molar-refractivity contribution in [3.8, 4) is 5.69 Å². The van der Waals surface area contributed by atoms with E-state index in [4.69, 9.17) is 0 Å². The summed E-state index contributed by atoms with van der Waals surface area (Å²) < 4.78 is 1.78. The Balaban J connectivity index is 1.31. The molecule has 1 fully saturated rings. The molecule has 7 heteroatoms. The first-order chi connectivity index (χ1) is 13.3. The molecular formula is C20H23N5OS. The molecule has 1 N–H and O–H groups in total. The molecule has 27 heavy (non-hydrogen) atoms. The topological polar surface area (TPSA) is 63.1 Å². The van der Waals surface area contributed by atoms with Crippen LogP contribution in [0.2, 0.25) is 0 Å². The molecule has 0 saturated carbocycles. The van der Waals surface area contributed by atoms with Crippen LogP contribution < -0.4 is 5.32 Å². The number of carbonyl (C=O) groups excluding carboxylic acids is 1. The number of benzene rings is 1. The second kappa shape index (κ2) is 8.45. The van der Waals surface area contributed by atoms with Crippen molar-refractivity contribution in [2.45, 2.75) is 32.2 Å². The Kier molecular flexibility index (Phi) is 5.60. The molecule has 0 unspecified atom stereocenters. The van der Waals surface area contributed by atoms with E-state index in [0.717, 1.165) is 36.6 Å². The molecule has 3 heterocycles. The molecule has 0 atom stereocenters. The summed E-state index contributed by atoms with van der Waals surface area (Å²) >= 11 is 1.49. The SMILES string of the molecule is O=C(Cc1cnn(-c2ccccc2)c1)Nc1nc(CN2CCCCC2)cs1. The lowest BCUT2D eigenvalue weighted by atomic mass is 10.1. The lowest BCUT2D eigenvalue weighted by Gasteiger charge is -2.25. The fourth-order valence-electron chi connectivity index (χ4n) is 3.31. The third kappa shape index (κ3) is 4.81. The van der Waals surface area contributed by atoms with Crippen LogP contribution in [0.5, 0.6) is 0 Å². The van der Waals surface area contributed by atoms with E-state index in [1.807, 2.05) is 41.9 Å². The maximum atomic E-state index is 12.3. The molecule has 0 aliphatic carbocycles. The first kappa shape index (κ1) is 17.9. The van der Waals surface area contributed by atoms with E-state index < -0.39 is 0 Å². The van der Waals surface area contributed by atoms with Gasteiger partial charge in [0.1, 0.15) is 0 Å². The Bertz CT molecular complexity index is 883. The summed E-state index contributed by atoms with van der Waals surface area (Å²) in [4.78, 5) is 19.3. The minimum Gasteiger partial charge on any atom is -0.302 e. The van der Waals surface area contributed by atoms with Crippen molar-refractivity contribution in [2.75, 3.05) is 18.4 Å². The second-order valence-electron chi connectivity index (χ2n) is 6.83. The minimum atomic E-state index is -0.0681. The van der Waals surface area contributed by atoms with Gasteiger partial charge in [-0.25, -0.2) is 9.67 Å². The lowest BCUT2D eigenvalue weighted by Crippen LogP contribution is -2.29. The van der Waals surface area contributed by atoms with Gasteiger partial charge in [0, 0.05) is 18.1 Å². The fraction of sp³-hybridized carbons (Fsp3) is 0.350. The number of nitrogens with zero attached hydrogens (tertiary/aromatic N) is 4. The Morgan fingerprint density at radius 1 is 1.15 bits per heavy atom. The third-order valence-electron chi connectivity index (χ3n) is 4.65. The average Bonchev–Trinajstić information content (AvgIpc) is 3.33. The van der Waals surface area contributed by atoms with Gasteiger partial charge in [-0.2, -0.15) is 5.10 Å². The molecule has 1 saturated heterocycles. The van der Waals surface area contributed by atoms with E-state index >= 15 is 0 Å². The predicted octanol–water partition coefficient (Wildman–Crippen LogP) is 3.50. The maximum Gasteiger partial charge on any atom is 0.230 e. The van der Waals surface area contributed by atoms with E-state index in [0.29, 0.717) is 5.13 Å². The van der Waals surface area contributed by atoms with Gasteiger partial charge in [0.05, 0.1) is 24.0 Å². The van der Waals surface area contributed by atoms with Gasteiger partial charge in [0.25, 0.3) is 0 Å². The molecule has 0 spiro atoms. The molecule has 3 aromatic rings. The van der Waals surface area contributed by atoms with Crippen molar-refractivity contribution in [1.29, 1.82) is 0 Å². The van der Waals surface area contributed by atoms with E-state index in [-0.39, 0.29) is 12.3 Å². The fourth-order valence-corrected chi connectivity index (χ4v) is 4.02. The van der Waals surface area contributed by atoms with Crippen molar-refractivity contribution >= 4 is 22.4 Å². The quantitative estimate of drug-likeness (QED) is 0.710. The number of thiazole rings is 1. The van der Waals surface area contributed by atoms with Crippen molar-refractivity contribution in [3.63, 3.8) is 0 Å². The van der Waals surface area contributed by atoms with Crippen LogP contribution in [-0.4, -0.2) is 38.7 Å². The number of likely N-dealkylation sites (tertiary alicyclic amines) is 1. The molecule has 1 amide bonds. The monoisotopic (exact) mass is 381 g/mol. The predicted molar refractivity (Wildman–Crippen MR) is 107 cm³/mol. The number of rotatable bonds is 6. The van der Waals surface area contributed by atoms with E-state index in [1.54, 1.807) is 10.9 Å². The molecule has 4 rings (SSSR count). The molecular weight excluding hydrogens is 358 g/mol. The summed E-state index contributed by atoms with van der Waals surface area (Å²) in [7, 11) is 0. The normalized spacial score (nSPS) is 15.0. The standard InChI is InChI=1S/C20H23N5OS/c26-19(11-16-12-21-25(13-16)18-7-3-1-4-8-18)23-20-22-17(15-27-20)14-24-9-5-2-6-10-24/h1,3-4,7-8,12-13,15H,2,5-6,9-11,14H2,(H,22,23,26). The van der Waals surface area contributed by atoms with Gasteiger partial charge < -0.3 is 5.32 Å². The lowest BCUT2D eigenvalue weighted by molar-refractivity contribution is -0.115. The third-order valence-corrected chi connectivity index (χ3v) is 5.46. The smallest absolute Gasteiger partial charge is 0.230 e. The second-order valence-corrected chi connectivity index (χ2v) is 7.69. The van der Waals surface area contributed by atoms with E-state index in [9.17, 15) is 4.79 Å². The number of hydrogen-bond acceptors (Lipinski definition) is 5. The summed E-state index contributed by atoms with van der Waals surface area (Å²) in [6.45, 7) is 3.16. The Labute approximate surface area is 162 Å². The van der Waals surface area contributed by atoms with Crippen LogP contribution in [0.1, 0.15) is 30.5 Å². The number of piperidine rings is 1. The highest BCUT2D eigenvalue weighted by Crippen LogP contribution is 2.19. The molecule has 2 aromatic heterocycles. The van der Waals surface area contributed by atoms with Gasteiger partial charge in [0.15, 0.2) is 5.13 Å². The number of aromatic nitrogens is 3. The Hall–Kier alpha value is -2.51. The van der Waals surface area contributed by atoms with Crippen LogP contribution in [0.3, 0.4) is 0 Å². The zero-order valence-electron chi connectivity index (χ0n) is 15.2. The highest BCUT2D eigenvalue weighted by atomic mass is 32.1. The van der Waals surface area contributed by atoms with Crippen LogP contribution in [0.4, 0.5) is 5.13 Å². The first-order valence-electron chi connectivity index (χ1n) is 9.32. The molecule has 1 aliphatic heterocycles. The summed E-state index contributed by atoms with van der Waals surface area (Å²) in [6, 6.07) is 9.86. The zero-order valence-corrected chi connectivity index (χ0v) is 16.0. The summed E-state index contributed by atoms with van der Waals surface area (Å²) in [6.07, 6.45) is 7.77. The van der Waals surface area contributed by atoms with E-state index in [2.05, 4.69) is 20.3 Å². The zero-order chi connectivity index (χ0) is 18.5. The van der Waals surface area contributed by atoms with Crippen LogP contribution in [0, 0.1) is 0 Å². The summed E-state index contributed by atoms with van der Waals surface area (Å²) in [5.74, 6) is -0.0681. The summed E-state index contributed by atoms with van der Waals surface area (Å²) in [5, 5.41) is 9.95. The van der Waals surface area contributed by atoms with Gasteiger partial charge in [-0.1, -0.05) is 24.6 Å². The van der Waals surface area contributed by atoms with Gasteiger partial charge >= 0.3 is 0 Å². The number of carbonyl (C=O) groups is 1. The summed E-state index contributed by atoms with van der Waals surface area (Å²) in [5.41, 5.74) is 2.89. The van der Waals surface area contributed by atoms with E-state index in [1.165, 1.54) is 30.6 Å². The van der Waals surface area contributed by atoms with Crippen LogP contribution in [0.15, 0.2) is 48.1 Å². The van der Waals surface area contributed by atoms with Gasteiger partial charge in [-0.05, 0) is 43.6 Å². The highest BCUT2D eigenvalue weighted by molar-refractivity contribution is 7.13. The molecule has 1 aliphatic rings. The number of amides is 1. The maximum absolute atomic E-state index is 12.3. The first-order valence-corrected chi connectivity index (χ1v) is 10.2. The van der Waals surface area contributed by atoms with Crippen molar-refractivity contribution in [2.24, 2.45) is 0 Å². The van der Waals surface area contributed by atoms with Crippen molar-refractivity contribution < 1.29 is 4.79 Å². The average molecular weight is 382 g/mol. The van der Waals surface area contributed by atoms with Gasteiger partial charge in [0.2, 0.25) is 5.91 Å². The molecule has 0 bridgehead atoms. The minimum absolute atomic E-state index is 0.0681. The Morgan fingerprint density at radius 3 is 2.78 bits per heavy atom. The van der Waals surface area contributed by atoms with Crippen LogP contribution >= 0.6 is 11.3 Å². The van der Waals surface area contributed by atoms with Crippen LogP contribution in [0.25, 0.3) is 5.69 Å².